The molecule has 2 aromatic carbocycles. The Labute approximate surface area is 119 Å². The molecule has 1 aliphatic rings. The Morgan fingerprint density at radius 1 is 1.05 bits per heavy atom. The quantitative estimate of drug-likeness (QED) is 0.676. The number of hydrogen-bond acceptors (Lipinski definition) is 1. The van der Waals surface area contributed by atoms with E-state index in [1.807, 2.05) is 12.1 Å². The number of allylic oxidation sites excluding steroid dienone is 3. The molecule has 3 rings (SSSR count). The van der Waals surface area contributed by atoms with Gasteiger partial charge in [0.1, 0.15) is 0 Å². The van der Waals surface area contributed by atoms with E-state index < -0.39 is 0 Å². The molecule has 0 spiro atoms. The number of carbonyl (C=O) groups is 1. The Kier molecular flexibility index (Phi) is 2.86. The Morgan fingerprint density at radius 3 is 2.55 bits per heavy atom. The molecule has 0 radical (unpaired) electrons. The number of ketones is 1. The third kappa shape index (κ3) is 2.00. The molecule has 100 valence electrons. The zero-order valence-electron chi connectivity index (χ0n) is 11.9. The summed E-state index contributed by atoms with van der Waals surface area (Å²) >= 11 is 0. The van der Waals surface area contributed by atoms with Crippen LogP contribution in [0.1, 0.15) is 25.8 Å². The Hall–Kier alpha value is -2.15. The van der Waals surface area contributed by atoms with Gasteiger partial charge in [0.05, 0.1) is 0 Å². The number of benzene rings is 2. The van der Waals surface area contributed by atoms with Crippen LogP contribution in [0.5, 0.6) is 0 Å². The van der Waals surface area contributed by atoms with E-state index >= 15 is 0 Å². The maximum atomic E-state index is 12.0. The van der Waals surface area contributed by atoms with Crippen molar-refractivity contribution in [1.29, 1.82) is 0 Å². The number of fused-ring (bicyclic) bond motifs is 1. The summed E-state index contributed by atoms with van der Waals surface area (Å²) in [6.07, 6.45) is 2.49. The molecule has 0 aromatic heterocycles. The fraction of sp³-hybridized carbons (Fsp3) is 0.211. The Morgan fingerprint density at radius 2 is 1.75 bits per heavy atom. The highest BCUT2D eigenvalue weighted by Gasteiger charge is 2.32. The first-order chi connectivity index (χ1) is 9.49. The lowest BCUT2D eigenvalue weighted by atomic mass is 9.70. The molecule has 0 aliphatic heterocycles. The molecule has 0 amide bonds. The van der Waals surface area contributed by atoms with Crippen LogP contribution in [0.2, 0.25) is 0 Å². The van der Waals surface area contributed by atoms with E-state index in [1.54, 1.807) is 6.08 Å². The second-order valence-corrected chi connectivity index (χ2v) is 6.11. The maximum absolute atomic E-state index is 12.0. The van der Waals surface area contributed by atoms with Crippen LogP contribution in [0.4, 0.5) is 0 Å². The lowest BCUT2D eigenvalue weighted by Gasteiger charge is -2.33. The van der Waals surface area contributed by atoms with Crippen LogP contribution in [0.3, 0.4) is 0 Å². The summed E-state index contributed by atoms with van der Waals surface area (Å²) < 4.78 is 0. The van der Waals surface area contributed by atoms with Gasteiger partial charge in [-0.25, -0.2) is 0 Å². The number of carbonyl (C=O) groups excluding carboxylic acids is 1. The highest BCUT2D eigenvalue weighted by atomic mass is 16.1. The predicted octanol–water partition coefficient (Wildman–Crippen LogP) is 4.78. The smallest absolute Gasteiger partial charge is 0.181 e. The fourth-order valence-corrected chi connectivity index (χ4v) is 3.05. The van der Waals surface area contributed by atoms with Crippen molar-refractivity contribution < 1.29 is 4.79 Å². The summed E-state index contributed by atoms with van der Waals surface area (Å²) in [4.78, 5) is 12.0. The molecule has 1 nitrogen and oxygen atoms in total. The average Bonchev–Trinajstić information content (AvgIpc) is 2.42. The molecule has 0 bridgehead atoms. The van der Waals surface area contributed by atoms with E-state index in [9.17, 15) is 4.79 Å². The van der Waals surface area contributed by atoms with E-state index in [1.165, 1.54) is 10.8 Å². The summed E-state index contributed by atoms with van der Waals surface area (Å²) in [7, 11) is 0. The molecule has 2 aromatic rings. The molecule has 0 saturated heterocycles. The van der Waals surface area contributed by atoms with Gasteiger partial charge in [0.25, 0.3) is 0 Å². The summed E-state index contributed by atoms with van der Waals surface area (Å²) in [5.41, 5.74) is 2.93. The minimum atomic E-state index is -0.0604. The zero-order chi connectivity index (χ0) is 14.3. The van der Waals surface area contributed by atoms with E-state index in [4.69, 9.17) is 0 Å². The van der Waals surface area contributed by atoms with Crippen molar-refractivity contribution in [3.63, 3.8) is 0 Å². The van der Waals surface area contributed by atoms with Crippen molar-refractivity contribution in [3.05, 3.63) is 66.3 Å². The van der Waals surface area contributed by atoms with Crippen molar-refractivity contribution in [1.82, 2.24) is 0 Å². The van der Waals surface area contributed by atoms with Crippen LogP contribution in [0.15, 0.2) is 60.7 Å². The first kappa shape index (κ1) is 12.9. The standard InChI is InChI=1S/C19H18O/c1-13-12-19(2,3)17(11-18(13)20)16-10-6-8-14-7-4-5-9-15(14)16/h4-11H,1,12H2,2-3H3. The van der Waals surface area contributed by atoms with Crippen LogP contribution in [0.25, 0.3) is 16.3 Å². The first-order valence-corrected chi connectivity index (χ1v) is 6.91. The molecule has 1 heteroatoms. The summed E-state index contributed by atoms with van der Waals surface area (Å²) in [6, 6.07) is 14.6. The molecule has 0 saturated carbocycles. The molecule has 0 heterocycles. The van der Waals surface area contributed by atoms with Crippen molar-refractivity contribution in [2.75, 3.05) is 0 Å². The van der Waals surface area contributed by atoms with Crippen LogP contribution < -0.4 is 0 Å². The second kappa shape index (κ2) is 4.45. The van der Waals surface area contributed by atoms with Crippen molar-refractivity contribution in [3.8, 4) is 0 Å². The predicted molar refractivity (Wildman–Crippen MR) is 84.5 cm³/mol. The van der Waals surface area contributed by atoms with E-state index in [-0.39, 0.29) is 11.2 Å². The van der Waals surface area contributed by atoms with Gasteiger partial charge in [-0.15, -0.1) is 0 Å². The normalized spacial score (nSPS) is 18.2. The van der Waals surface area contributed by atoms with Crippen molar-refractivity contribution in [2.45, 2.75) is 20.3 Å². The monoisotopic (exact) mass is 262 g/mol. The highest BCUT2D eigenvalue weighted by molar-refractivity contribution is 6.12. The van der Waals surface area contributed by atoms with Crippen LogP contribution >= 0.6 is 0 Å². The van der Waals surface area contributed by atoms with Gasteiger partial charge in [-0.05, 0) is 45.4 Å². The minimum Gasteiger partial charge on any atom is -0.290 e. The Bertz CT molecular complexity index is 742. The molecular formula is C19H18O. The lowest BCUT2D eigenvalue weighted by Crippen LogP contribution is -2.23. The molecule has 20 heavy (non-hydrogen) atoms. The van der Waals surface area contributed by atoms with E-state index in [0.29, 0.717) is 5.57 Å². The van der Waals surface area contributed by atoms with Gasteiger partial charge in [0.15, 0.2) is 5.78 Å². The first-order valence-electron chi connectivity index (χ1n) is 6.91. The van der Waals surface area contributed by atoms with Gasteiger partial charge in [0.2, 0.25) is 0 Å². The largest absolute Gasteiger partial charge is 0.290 e. The van der Waals surface area contributed by atoms with Crippen molar-refractivity contribution in [2.24, 2.45) is 5.41 Å². The van der Waals surface area contributed by atoms with Gasteiger partial charge in [-0.2, -0.15) is 0 Å². The molecule has 1 aliphatic carbocycles. The topological polar surface area (TPSA) is 17.1 Å². The SMILES string of the molecule is C=C1CC(C)(C)C(c2cccc3ccccc23)=CC1=O. The van der Waals surface area contributed by atoms with E-state index in [2.05, 4.69) is 50.8 Å². The van der Waals surface area contributed by atoms with Gasteiger partial charge in [-0.3, -0.25) is 4.79 Å². The molecule has 0 fully saturated rings. The van der Waals surface area contributed by atoms with Crippen LogP contribution in [0, 0.1) is 5.41 Å². The van der Waals surface area contributed by atoms with Crippen LogP contribution in [-0.4, -0.2) is 5.78 Å². The van der Waals surface area contributed by atoms with Crippen LogP contribution in [-0.2, 0) is 4.79 Å². The highest BCUT2D eigenvalue weighted by Crippen LogP contribution is 2.44. The second-order valence-electron chi connectivity index (χ2n) is 6.11. The van der Waals surface area contributed by atoms with Gasteiger partial charge < -0.3 is 0 Å². The lowest BCUT2D eigenvalue weighted by molar-refractivity contribution is -0.111. The third-order valence-corrected chi connectivity index (χ3v) is 4.09. The minimum absolute atomic E-state index is 0.0604. The Balaban J connectivity index is 2.27. The average molecular weight is 262 g/mol. The molecule has 0 unspecified atom stereocenters. The number of hydrogen-bond donors (Lipinski definition) is 0. The number of rotatable bonds is 1. The molecule has 0 N–H and O–H groups in total. The molecule has 0 atom stereocenters. The van der Waals surface area contributed by atoms with E-state index in [0.717, 1.165) is 17.6 Å². The van der Waals surface area contributed by atoms with Gasteiger partial charge >= 0.3 is 0 Å². The summed E-state index contributed by atoms with van der Waals surface area (Å²) in [6.45, 7) is 8.24. The van der Waals surface area contributed by atoms with Crippen molar-refractivity contribution >= 4 is 22.1 Å². The van der Waals surface area contributed by atoms with Gasteiger partial charge in [-0.1, -0.05) is 62.9 Å². The fourth-order valence-electron chi connectivity index (χ4n) is 3.05. The zero-order valence-corrected chi connectivity index (χ0v) is 11.9. The summed E-state index contributed by atoms with van der Waals surface area (Å²) in [5.74, 6) is 0.0623. The molecular weight excluding hydrogens is 244 g/mol. The maximum Gasteiger partial charge on any atom is 0.181 e. The third-order valence-electron chi connectivity index (χ3n) is 4.09. The summed E-state index contributed by atoms with van der Waals surface area (Å²) in [5, 5.41) is 2.41. The van der Waals surface area contributed by atoms with Gasteiger partial charge in [0, 0.05) is 0 Å².